The molecule has 2 amide bonds. The van der Waals surface area contributed by atoms with E-state index < -0.39 is 0 Å². The summed E-state index contributed by atoms with van der Waals surface area (Å²) in [5.74, 6) is 0. The SMILES string of the molecule is Cc1csc(NC(=O)N2CCCCC2C)n1. The number of nitrogens with one attached hydrogen (secondary N) is 1. The third-order valence-electron chi connectivity index (χ3n) is 2.90. The molecule has 1 saturated heterocycles. The topological polar surface area (TPSA) is 45.2 Å². The summed E-state index contributed by atoms with van der Waals surface area (Å²) in [6.07, 6.45) is 3.43. The van der Waals surface area contributed by atoms with Gasteiger partial charge in [0, 0.05) is 18.0 Å². The lowest BCUT2D eigenvalue weighted by Crippen LogP contribution is -2.44. The first-order valence-electron chi connectivity index (χ1n) is 5.66. The number of rotatable bonds is 1. The van der Waals surface area contributed by atoms with E-state index in [0.717, 1.165) is 25.1 Å². The molecule has 1 aromatic heterocycles. The van der Waals surface area contributed by atoms with E-state index >= 15 is 0 Å². The van der Waals surface area contributed by atoms with Crippen molar-refractivity contribution in [2.75, 3.05) is 11.9 Å². The number of amides is 2. The van der Waals surface area contributed by atoms with Crippen LogP contribution in [0.4, 0.5) is 9.93 Å². The number of aromatic nitrogens is 1. The number of carbonyl (C=O) groups excluding carboxylic acids is 1. The molecule has 0 saturated carbocycles. The van der Waals surface area contributed by atoms with Gasteiger partial charge in [0.25, 0.3) is 0 Å². The van der Waals surface area contributed by atoms with Gasteiger partial charge in [-0.25, -0.2) is 9.78 Å². The molecule has 16 heavy (non-hydrogen) atoms. The molecule has 1 unspecified atom stereocenters. The normalized spacial score (nSPS) is 20.9. The standard InChI is InChI=1S/C11H17N3OS/c1-8-7-16-10(12-8)13-11(15)14-6-4-3-5-9(14)2/h7,9H,3-6H2,1-2H3,(H,12,13,15). The fourth-order valence-corrected chi connectivity index (χ4v) is 2.65. The molecule has 88 valence electrons. The first-order valence-corrected chi connectivity index (χ1v) is 6.54. The van der Waals surface area contributed by atoms with Crippen molar-refractivity contribution < 1.29 is 4.79 Å². The van der Waals surface area contributed by atoms with E-state index in [1.54, 1.807) is 0 Å². The van der Waals surface area contributed by atoms with Gasteiger partial charge in [-0.2, -0.15) is 0 Å². The molecule has 1 aliphatic rings. The maximum absolute atomic E-state index is 12.0. The fraction of sp³-hybridized carbons (Fsp3) is 0.636. The summed E-state index contributed by atoms with van der Waals surface area (Å²) in [4.78, 5) is 18.1. The number of aryl methyl sites for hydroxylation is 1. The Morgan fingerprint density at radius 3 is 3.06 bits per heavy atom. The summed E-state index contributed by atoms with van der Waals surface area (Å²) < 4.78 is 0. The van der Waals surface area contributed by atoms with E-state index in [1.807, 2.05) is 17.2 Å². The van der Waals surface area contributed by atoms with Crippen molar-refractivity contribution >= 4 is 22.5 Å². The molecule has 1 aromatic rings. The Morgan fingerprint density at radius 1 is 1.62 bits per heavy atom. The van der Waals surface area contributed by atoms with Crippen molar-refractivity contribution in [3.63, 3.8) is 0 Å². The molecular formula is C11H17N3OS. The lowest BCUT2D eigenvalue weighted by molar-refractivity contribution is 0.170. The molecular weight excluding hydrogens is 222 g/mol. The Labute approximate surface area is 99.7 Å². The van der Waals surface area contributed by atoms with E-state index in [9.17, 15) is 4.79 Å². The van der Waals surface area contributed by atoms with E-state index in [2.05, 4.69) is 17.2 Å². The van der Waals surface area contributed by atoms with Crippen molar-refractivity contribution in [3.8, 4) is 0 Å². The van der Waals surface area contributed by atoms with Crippen LogP contribution >= 0.6 is 11.3 Å². The highest BCUT2D eigenvalue weighted by Crippen LogP contribution is 2.19. The first-order chi connectivity index (χ1) is 7.66. The summed E-state index contributed by atoms with van der Waals surface area (Å²) >= 11 is 1.47. The van der Waals surface area contributed by atoms with Gasteiger partial charge in [-0.1, -0.05) is 0 Å². The summed E-state index contributed by atoms with van der Waals surface area (Å²) in [5, 5.41) is 5.49. The van der Waals surface area contributed by atoms with E-state index in [1.165, 1.54) is 17.8 Å². The molecule has 5 heteroatoms. The van der Waals surface area contributed by atoms with Gasteiger partial charge in [-0.15, -0.1) is 11.3 Å². The fourth-order valence-electron chi connectivity index (χ4n) is 1.97. The maximum atomic E-state index is 12.0. The number of thiazole rings is 1. The minimum absolute atomic E-state index is 0.0125. The second-order valence-electron chi connectivity index (χ2n) is 4.26. The zero-order valence-electron chi connectivity index (χ0n) is 9.69. The minimum atomic E-state index is -0.0125. The lowest BCUT2D eigenvalue weighted by atomic mass is 10.0. The van der Waals surface area contributed by atoms with E-state index in [4.69, 9.17) is 0 Å². The van der Waals surface area contributed by atoms with Crippen molar-refractivity contribution in [3.05, 3.63) is 11.1 Å². The molecule has 0 aliphatic carbocycles. The van der Waals surface area contributed by atoms with Gasteiger partial charge < -0.3 is 4.90 Å². The van der Waals surface area contributed by atoms with Gasteiger partial charge in [0.15, 0.2) is 5.13 Å². The number of hydrogen-bond donors (Lipinski definition) is 1. The second kappa shape index (κ2) is 4.82. The second-order valence-corrected chi connectivity index (χ2v) is 5.12. The Morgan fingerprint density at radius 2 is 2.44 bits per heavy atom. The predicted octanol–water partition coefficient (Wildman–Crippen LogP) is 2.86. The van der Waals surface area contributed by atoms with Crippen molar-refractivity contribution in [2.24, 2.45) is 0 Å². The Kier molecular flexibility index (Phi) is 3.43. The average molecular weight is 239 g/mol. The highest BCUT2D eigenvalue weighted by molar-refractivity contribution is 7.13. The Hall–Kier alpha value is -1.10. The minimum Gasteiger partial charge on any atom is -0.322 e. The maximum Gasteiger partial charge on any atom is 0.323 e. The lowest BCUT2D eigenvalue weighted by Gasteiger charge is -2.32. The number of anilines is 1. The molecule has 2 heterocycles. The average Bonchev–Trinajstić information content (AvgIpc) is 2.64. The number of nitrogens with zero attached hydrogens (tertiary/aromatic N) is 2. The van der Waals surface area contributed by atoms with Gasteiger partial charge >= 0.3 is 6.03 Å². The zero-order valence-corrected chi connectivity index (χ0v) is 10.5. The van der Waals surface area contributed by atoms with Gasteiger partial charge in [-0.05, 0) is 33.1 Å². The van der Waals surface area contributed by atoms with Gasteiger partial charge in [0.2, 0.25) is 0 Å². The number of piperidine rings is 1. The highest BCUT2D eigenvalue weighted by Gasteiger charge is 2.23. The summed E-state index contributed by atoms with van der Waals surface area (Å²) in [5.41, 5.74) is 0.951. The summed E-state index contributed by atoms with van der Waals surface area (Å²) in [6.45, 7) is 4.89. The smallest absolute Gasteiger partial charge is 0.322 e. The number of hydrogen-bond acceptors (Lipinski definition) is 3. The quantitative estimate of drug-likeness (QED) is 0.819. The molecule has 1 atom stereocenters. The molecule has 4 nitrogen and oxygen atoms in total. The number of urea groups is 1. The van der Waals surface area contributed by atoms with Crippen LogP contribution in [0.1, 0.15) is 31.9 Å². The van der Waals surface area contributed by atoms with Gasteiger partial charge in [0.05, 0.1) is 5.69 Å². The van der Waals surface area contributed by atoms with E-state index in [0.29, 0.717) is 11.2 Å². The zero-order chi connectivity index (χ0) is 11.5. The molecule has 1 N–H and O–H groups in total. The summed E-state index contributed by atoms with van der Waals surface area (Å²) in [6, 6.07) is 0.330. The monoisotopic (exact) mass is 239 g/mol. The van der Waals surface area contributed by atoms with Crippen LogP contribution in [0.15, 0.2) is 5.38 Å². The molecule has 0 spiro atoms. The van der Waals surface area contributed by atoms with Crippen molar-refractivity contribution in [1.29, 1.82) is 0 Å². The van der Waals surface area contributed by atoms with Crippen LogP contribution in [0.2, 0.25) is 0 Å². The highest BCUT2D eigenvalue weighted by atomic mass is 32.1. The van der Waals surface area contributed by atoms with Gasteiger partial charge in [0.1, 0.15) is 0 Å². The van der Waals surface area contributed by atoms with Crippen molar-refractivity contribution in [1.82, 2.24) is 9.88 Å². The molecule has 2 rings (SSSR count). The largest absolute Gasteiger partial charge is 0.323 e. The van der Waals surface area contributed by atoms with E-state index in [-0.39, 0.29) is 6.03 Å². The van der Waals surface area contributed by atoms with Crippen LogP contribution < -0.4 is 5.32 Å². The van der Waals surface area contributed by atoms with Gasteiger partial charge in [-0.3, -0.25) is 5.32 Å². The molecule has 0 radical (unpaired) electrons. The van der Waals surface area contributed by atoms with Crippen LogP contribution in [-0.4, -0.2) is 28.5 Å². The van der Waals surface area contributed by atoms with Crippen LogP contribution in [-0.2, 0) is 0 Å². The van der Waals surface area contributed by atoms with Crippen molar-refractivity contribution in [2.45, 2.75) is 39.2 Å². The molecule has 0 bridgehead atoms. The first kappa shape index (κ1) is 11.4. The summed E-state index contributed by atoms with van der Waals surface area (Å²) in [7, 11) is 0. The van der Waals surface area contributed by atoms with Crippen LogP contribution in [0.25, 0.3) is 0 Å². The number of likely N-dealkylation sites (tertiary alicyclic amines) is 1. The predicted molar refractivity (Wildman–Crippen MR) is 65.9 cm³/mol. The Bertz CT molecular complexity index is 377. The molecule has 0 aromatic carbocycles. The number of carbonyl (C=O) groups is 1. The van der Waals surface area contributed by atoms with Crippen LogP contribution in [0, 0.1) is 6.92 Å². The molecule has 1 fully saturated rings. The van der Waals surface area contributed by atoms with Crippen LogP contribution in [0.3, 0.4) is 0 Å². The molecule has 1 aliphatic heterocycles. The Balaban J connectivity index is 1.96. The third kappa shape index (κ3) is 2.52. The van der Waals surface area contributed by atoms with Crippen LogP contribution in [0.5, 0.6) is 0 Å². The third-order valence-corrected chi connectivity index (χ3v) is 3.77.